The van der Waals surface area contributed by atoms with Gasteiger partial charge >= 0.3 is 0 Å². The van der Waals surface area contributed by atoms with Crippen molar-refractivity contribution in [2.75, 3.05) is 5.73 Å². The summed E-state index contributed by atoms with van der Waals surface area (Å²) >= 11 is 0. The van der Waals surface area contributed by atoms with Crippen LogP contribution < -0.4 is 11.5 Å². The van der Waals surface area contributed by atoms with E-state index in [-0.39, 0.29) is 0 Å². The predicted octanol–water partition coefficient (Wildman–Crippen LogP) is 1.88. The Morgan fingerprint density at radius 2 is 1.85 bits per heavy atom. The van der Waals surface area contributed by atoms with Crippen molar-refractivity contribution >= 4 is 16.5 Å². The number of fused-ring (bicyclic) bond motifs is 1. The van der Waals surface area contributed by atoms with Gasteiger partial charge in [-0.15, -0.1) is 0 Å². The quantitative estimate of drug-likeness (QED) is 0.645. The molecule has 0 aliphatic carbocycles. The average molecular weight is 172 g/mol. The van der Waals surface area contributed by atoms with Crippen LogP contribution in [0.5, 0.6) is 0 Å². The molecule has 2 aromatic rings. The van der Waals surface area contributed by atoms with Crippen molar-refractivity contribution in [1.29, 1.82) is 0 Å². The molecule has 0 saturated carbocycles. The van der Waals surface area contributed by atoms with Gasteiger partial charge in [0, 0.05) is 17.6 Å². The van der Waals surface area contributed by atoms with Gasteiger partial charge in [-0.05, 0) is 23.1 Å². The van der Waals surface area contributed by atoms with Crippen LogP contribution in [0.2, 0.25) is 0 Å². The summed E-state index contributed by atoms with van der Waals surface area (Å²) in [6.45, 7) is 0.537. The fourth-order valence-electron chi connectivity index (χ4n) is 1.52. The van der Waals surface area contributed by atoms with Crippen LogP contribution in [0.15, 0.2) is 36.4 Å². The maximum Gasteiger partial charge on any atom is 0.0396 e. The predicted molar refractivity (Wildman–Crippen MR) is 56.3 cm³/mol. The normalized spacial score (nSPS) is 10.5. The van der Waals surface area contributed by atoms with E-state index in [0.717, 1.165) is 22.0 Å². The van der Waals surface area contributed by atoms with Gasteiger partial charge < -0.3 is 11.5 Å². The van der Waals surface area contributed by atoms with E-state index in [4.69, 9.17) is 11.5 Å². The van der Waals surface area contributed by atoms with Crippen LogP contribution in [-0.2, 0) is 6.54 Å². The number of nitrogen functional groups attached to an aromatic ring is 1. The number of hydrogen-bond acceptors (Lipinski definition) is 2. The molecule has 0 aliphatic rings. The second-order valence-electron chi connectivity index (χ2n) is 3.11. The highest BCUT2D eigenvalue weighted by atomic mass is 14.6. The van der Waals surface area contributed by atoms with Crippen molar-refractivity contribution in [2.24, 2.45) is 5.73 Å². The minimum Gasteiger partial charge on any atom is -0.398 e. The third-order valence-corrected chi connectivity index (χ3v) is 2.19. The van der Waals surface area contributed by atoms with Crippen LogP contribution in [-0.4, -0.2) is 0 Å². The second kappa shape index (κ2) is 3.07. The van der Waals surface area contributed by atoms with Crippen molar-refractivity contribution in [3.8, 4) is 0 Å². The van der Waals surface area contributed by atoms with Crippen molar-refractivity contribution in [3.63, 3.8) is 0 Å². The summed E-state index contributed by atoms with van der Waals surface area (Å²) in [5.41, 5.74) is 13.3. The molecule has 2 aromatic carbocycles. The molecule has 4 N–H and O–H groups in total. The van der Waals surface area contributed by atoms with Crippen LogP contribution in [0.1, 0.15) is 5.56 Å². The molecule has 0 aromatic heterocycles. The molecular weight excluding hydrogens is 160 g/mol. The second-order valence-corrected chi connectivity index (χ2v) is 3.11. The van der Waals surface area contributed by atoms with Gasteiger partial charge in [0.25, 0.3) is 0 Å². The monoisotopic (exact) mass is 172 g/mol. The molecule has 13 heavy (non-hydrogen) atoms. The van der Waals surface area contributed by atoms with E-state index in [9.17, 15) is 0 Å². The van der Waals surface area contributed by atoms with Gasteiger partial charge in [0.15, 0.2) is 0 Å². The lowest BCUT2D eigenvalue weighted by Crippen LogP contribution is -1.98. The summed E-state index contributed by atoms with van der Waals surface area (Å²) in [7, 11) is 0. The van der Waals surface area contributed by atoms with E-state index >= 15 is 0 Å². The van der Waals surface area contributed by atoms with Gasteiger partial charge in [-0.25, -0.2) is 0 Å². The smallest absolute Gasteiger partial charge is 0.0396 e. The summed E-state index contributed by atoms with van der Waals surface area (Å²) in [6, 6.07) is 12.1. The van der Waals surface area contributed by atoms with Gasteiger partial charge in [0.05, 0.1) is 0 Å². The van der Waals surface area contributed by atoms with E-state index in [2.05, 4.69) is 6.07 Å². The van der Waals surface area contributed by atoms with Gasteiger partial charge in [-0.1, -0.05) is 24.3 Å². The summed E-state index contributed by atoms with van der Waals surface area (Å²) in [5.74, 6) is 0. The lowest BCUT2D eigenvalue weighted by Gasteiger charge is -2.04. The average Bonchev–Trinajstić information content (AvgIpc) is 2.18. The number of benzene rings is 2. The summed E-state index contributed by atoms with van der Waals surface area (Å²) in [4.78, 5) is 0. The first-order chi connectivity index (χ1) is 6.31. The first-order valence-electron chi connectivity index (χ1n) is 4.28. The minimum absolute atomic E-state index is 0.537. The van der Waals surface area contributed by atoms with Crippen LogP contribution >= 0.6 is 0 Å². The topological polar surface area (TPSA) is 52.0 Å². The number of rotatable bonds is 1. The highest BCUT2D eigenvalue weighted by Gasteiger charge is 1.98. The molecule has 2 rings (SSSR count). The Hall–Kier alpha value is -1.54. The fraction of sp³-hybridized carbons (Fsp3) is 0.0909. The molecule has 2 nitrogen and oxygen atoms in total. The van der Waals surface area contributed by atoms with Crippen molar-refractivity contribution < 1.29 is 0 Å². The fourth-order valence-corrected chi connectivity index (χ4v) is 1.52. The maximum atomic E-state index is 5.88. The first kappa shape index (κ1) is 8.08. The highest BCUT2D eigenvalue weighted by Crippen LogP contribution is 2.22. The molecule has 66 valence electrons. The highest BCUT2D eigenvalue weighted by molar-refractivity contribution is 5.93. The van der Waals surface area contributed by atoms with E-state index in [1.54, 1.807) is 0 Å². The standard InChI is InChI=1S/C11H12N2/c12-7-8-5-9-3-1-2-4-10(9)11(13)6-8/h1-6H,7,12-13H2. The summed E-state index contributed by atoms with van der Waals surface area (Å²) in [5, 5.41) is 2.25. The molecule has 0 unspecified atom stereocenters. The number of nitrogens with two attached hydrogens (primary N) is 2. The van der Waals surface area contributed by atoms with Crippen LogP contribution in [0.3, 0.4) is 0 Å². The van der Waals surface area contributed by atoms with E-state index in [1.807, 2.05) is 30.3 Å². The molecule has 0 atom stereocenters. The molecule has 0 bridgehead atoms. The molecule has 0 aliphatic heterocycles. The van der Waals surface area contributed by atoms with Crippen LogP contribution in [0.25, 0.3) is 10.8 Å². The van der Waals surface area contributed by atoms with Gasteiger partial charge in [0.2, 0.25) is 0 Å². The van der Waals surface area contributed by atoms with Crippen LogP contribution in [0, 0.1) is 0 Å². The van der Waals surface area contributed by atoms with Gasteiger partial charge in [-0.3, -0.25) is 0 Å². The summed E-state index contributed by atoms with van der Waals surface area (Å²) < 4.78 is 0. The third-order valence-electron chi connectivity index (χ3n) is 2.19. The van der Waals surface area contributed by atoms with Gasteiger partial charge in [-0.2, -0.15) is 0 Å². The number of hydrogen-bond donors (Lipinski definition) is 2. The Balaban J connectivity index is 2.77. The Bertz CT molecular complexity index is 435. The number of anilines is 1. The molecule has 2 heteroatoms. The third kappa shape index (κ3) is 1.36. The first-order valence-corrected chi connectivity index (χ1v) is 4.28. The molecule has 0 fully saturated rings. The lowest BCUT2D eigenvalue weighted by molar-refractivity contribution is 1.08. The SMILES string of the molecule is NCc1cc(N)c2ccccc2c1. The molecular formula is C11H12N2. The van der Waals surface area contributed by atoms with Crippen molar-refractivity contribution in [1.82, 2.24) is 0 Å². The lowest BCUT2D eigenvalue weighted by atomic mass is 10.1. The van der Waals surface area contributed by atoms with E-state index in [1.165, 1.54) is 0 Å². The zero-order chi connectivity index (χ0) is 9.26. The van der Waals surface area contributed by atoms with Crippen molar-refractivity contribution in [2.45, 2.75) is 6.54 Å². The maximum absolute atomic E-state index is 5.88. The van der Waals surface area contributed by atoms with Crippen LogP contribution in [0.4, 0.5) is 5.69 Å². The molecule has 0 radical (unpaired) electrons. The Labute approximate surface area is 77.2 Å². The molecule has 0 saturated heterocycles. The molecule has 0 amide bonds. The van der Waals surface area contributed by atoms with Gasteiger partial charge in [0.1, 0.15) is 0 Å². The minimum atomic E-state index is 0.537. The zero-order valence-electron chi connectivity index (χ0n) is 7.33. The Kier molecular flexibility index (Phi) is 1.91. The van der Waals surface area contributed by atoms with Crippen molar-refractivity contribution in [3.05, 3.63) is 42.0 Å². The summed E-state index contributed by atoms with van der Waals surface area (Å²) in [6.07, 6.45) is 0. The van der Waals surface area contributed by atoms with E-state index < -0.39 is 0 Å². The Morgan fingerprint density at radius 3 is 2.62 bits per heavy atom. The largest absolute Gasteiger partial charge is 0.398 e. The van der Waals surface area contributed by atoms with E-state index in [0.29, 0.717) is 6.54 Å². The molecule has 0 heterocycles. The zero-order valence-corrected chi connectivity index (χ0v) is 7.33. The molecule has 0 spiro atoms. The Morgan fingerprint density at radius 1 is 1.08 bits per heavy atom.